The molecule has 11 heteroatoms. The second-order valence-electron chi connectivity index (χ2n) is 8.78. The number of nitrogens with zero attached hydrogens (tertiary/aromatic N) is 5. The minimum atomic E-state index is -4.48. The number of likely N-dealkylation sites (tertiary alicyclic amines) is 1. The number of alkyl halides is 3. The molecule has 2 N–H and O–H groups in total. The summed E-state index contributed by atoms with van der Waals surface area (Å²) in [6.07, 6.45) is -2.16. The van der Waals surface area contributed by atoms with E-state index < -0.39 is 12.2 Å². The fourth-order valence-electron chi connectivity index (χ4n) is 4.62. The molecule has 1 aliphatic heterocycles. The van der Waals surface area contributed by atoms with Gasteiger partial charge in [-0.15, -0.1) is 10.2 Å². The number of nitrogens with two attached hydrogens (primary N) is 1. The summed E-state index contributed by atoms with van der Waals surface area (Å²) in [4.78, 5) is 5.97. The van der Waals surface area contributed by atoms with Crippen LogP contribution in [0.1, 0.15) is 23.6 Å². The van der Waals surface area contributed by atoms with Crippen molar-refractivity contribution in [2.24, 2.45) is 5.73 Å². The molecule has 4 heterocycles. The van der Waals surface area contributed by atoms with Gasteiger partial charge in [-0.25, -0.2) is 9.37 Å². The Balaban J connectivity index is 1.57. The number of rotatable bonds is 6. The molecule has 0 radical (unpaired) electrons. The lowest BCUT2D eigenvalue weighted by Gasteiger charge is -2.30. The number of halogens is 4. The SMILES string of the molecule is COCCc1cc2nc(-c3nnc4ccc([C@@H](N5CC[C@H](N)C5)C(F)(F)F)cn34)ccc2cc1F. The van der Waals surface area contributed by atoms with Gasteiger partial charge in [0.25, 0.3) is 0 Å². The predicted molar refractivity (Wildman–Crippen MR) is 122 cm³/mol. The van der Waals surface area contributed by atoms with Gasteiger partial charge in [0.15, 0.2) is 11.5 Å². The highest BCUT2D eigenvalue weighted by molar-refractivity contribution is 5.82. The van der Waals surface area contributed by atoms with E-state index in [4.69, 9.17) is 10.5 Å². The van der Waals surface area contributed by atoms with Crippen molar-refractivity contribution in [3.05, 3.63) is 59.5 Å². The van der Waals surface area contributed by atoms with Crippen LogP contribution < -0.4 is 5.73 Å². The van der Waals surface area contributed by atoms with Crippen LogP contribution in [0, 0.1) is 5.82 Å². The van der Waals surface area contributed by atoms with Crippen molar-refractivity contribution in [1.82, 2.24) is 24.5 Å². The molecule has 7 nitrogen and oxygen atoms in total. The van der Waals surface area contributed by atoms with Gasteiger partial charge < -0.3 is 10.5 Å². The standard InChI is InChI=1S/C24H24F4N6O/c1-35-9-7-14-11-20-15(10-18(14)25)2-4-19(30-20)23-32-31-21-5-3-16(12-34(21)23)22(24(26,27)28)33-8-6-17(29)13-33/h2-5,10-12,17,22H,6-9,13,29H2,1H3/t17-,22+/m0/s1. The van der Waals surface area contributed by atoms with E-state index >= 15 is 0 Å². The maximum Gasteiger partial charge on any atom is 0.408 e. The van der Waals surface area contributed by atoms with Crippen LogP contribution in [0.15, 0.2) is 42.6 Å². The third-order valence-corrected chi connectivity index (χ3v) is 6.33. The summed E-state index contributed by atoms with van der Waals surface area (Å²) < 4.78 is 63.2. The van der Waals surface area contributed by atoms with E-state index in [9.17, 15) is 17.6 Å². The molecule has 0 aliphatic carbocycles. The normalized spacial score (nSPS) is 18.1. The Morgan fingerprint density at radius 3 is 2.71 bits per heavy atom. The van der Waals surface area contributed by atoms with Gasteiger partial charge in [-0.2, -0.15) is 13.2 Å². The number of methoxy groups -OCH3 is 1. The Labute approximate surface area is 198 Å². The number of benzene rings is 1. The number of pyridine rings is 2. The molecule has 1 fully saturated rings. The van der Waals surface area contributed by atoms with E-state index in [-0.39, 0.29) is 30.5 Å². The van der Waals surface area contributed by atoms with Crippen LogP contribution >= 0.6 is 0 Å². The minimum Gasteiger partial charge on any atom is -0.384 e. The topological polar surface area (TPSA) is 81.6 Å². The molecule has 2 atom stereocenters. The van der Waals surface area contributed by atoms with Gasteiger partial charge in [-0.05, 0) is 48.2 Å². The molecule has 1 aliphatic rings. The van der Waals surface area contributed by atoms with Crippen molar-refractivity contribution in [3.8, 4) is 11.5 Å². The monoisotopic (exact) mass is 488 g/mol. The summed E-state index contributed by atoms with van der Waals surface area (Å²) in [6, 6.07) is 7.29. The lowest BCUT2D eigenvalue weighted by Crippen LogP contribution is -2.38. The Morgan fingerprint density at radius 2 is 2.00 bits per heavy atom. The van der Waals surface area contributed by atoms with Gasteiger partial charge in [-0.3, -0.25) is 9.30 Å². The summed E-state index contributed by atoms with van der Waals surface area (Å²) in [6.45, 7) is 0.806. The van der Waals surface area contributed by atoms with E-state index in [1.54, 1.807) is 25.3 Å². The first-order valence-electron chi connectivity index (χ1n) is 11.2. The number of ether oxygens (including phenoxy) is 1. The van der Waals surface area contributed by atoms with Gasteiger partial charge in [-0.1, -0.05) is 12.1 Å². The lowest BCUT2D eigenvalue weighted by atomic mass is 10.1. The molecule has 3 aromatic heterocycles. The smallest absolute Gasteiger partial charge is 0.384 e. The van der Waals surface area contributed by atoms with Crippen LogP contribution in [-0.2, 0) is 11.2 Å². The molecule has 0 unspecified atom stereocenters. The Morgan fingerprint density at radius 1 is 1.17 bits per heavy atom. The third kappa shape index (κ3) is 4.58. The van der Waals surface area contributed by atoms with Gasteiger partial charge in [0.1, 0.15) is 17.6 Å². The molecule has 1 saturated heterocycles. The molecule has 35 heavy (non-hydrogen) atoms. The Bertz CT molecular complexity index is 1370. The molecule has 0 saturated carbocycles. The van der Waals surface area contributed by atoms with Crippen LogP contribution in [0.2, 0.25) is 0 Å². The van der Waals surface area contributed by atoms with Crippen molar-refractivity contribution >= 4 is 16.6 Å². The molecule has 1 aromatic carbocycles. The van der Waals surface area contributed by atoms with Crippen molar-refractivity contribution in [1.29, 1.82) is 0 Å². The van der Waals surface area contributed by atoms with Gasteiger partial charge in [0, 0.05) is 37.8 Å². The van der Waals surface area contributed by atoms with E-state index in [2.05, 4.69) is 15.2 Å². The molecule has 0 bridgehead atoms. The predicted octanol–water partition coefficient (Wildman–Crippen LogP) is 3.91. The highest BCUT2D eigenvalue weighted by Gasteiger charge is 2.46. The third-order valence-electron chi connectivity index (χ3n) is 6.33. The summed E-state index contributed by atoms with van der Waals surface area (Å²) in [5.74, 6) is -0.0490. The van der Waals surface area contributed by atoms with Crippen molar-refractivity contribution in [2.75, 3.05) is 26.8 Å². The second kappa shape index (κ2) is 9.14. The minimum absolute atomic E-state index is 0.0739. The first-order valence-corrected chi connectivity index (χ1v) is 11.2. The van der Waals surface area contributed by atoms with Crippen LogP contribution in [0.5, 0.6) is 0 Å². The van der Waals surface area contributed by atoms with E-state index in [0.717, 1.165) is 0 Å². The number of fused-ring (bicyclic) bond motifs is 2. The maximum atomic E-state index is 14.4. The molecular weight excluding hydrogens is 464 g/mol. The molecular formula is C24H24F4N6O. The first kappa shape index (κ1) is 23.6. The second-order valence-corrected chi connectivity index (χ2v) is 8.78. The fourth-order valence-corrected chi connectivity index (χ4v) is 4.62. The van der Waals surface area contributed by atoms with Gasteiger partial charge in [0.2, 0.25) is 0 Å². The molecule has 4 aromatic rings. The highest BCUT2D eigenvalue weighted by Crippen LogP contribution is 2.39. The maximum absolute atomic E-state index is 14.4. The van der Waals surface area contributed by atoms with Crippen molar-refractivity contribution in [3.63, 3.8) is 0 Å². The largest absolute Gasteiger partial charge is 0.408 e. The molecule has 0 amide bonds. The Kier molecular flexibility index (Phi) is 6.16. The Hall–Kier alpha value is -3.15. The average Bonchev–Trinajstić information content (AvgIpc) is 3.42. The van der Waals surface area contributed by atoms with Crippen LogP contribution in [0.25, 0.3) is 28.1 Å². The van der Waals surface area contributed by atoms with Crippen LogP contribution in [0.3, 0.4) is 0 Å². The summed E-state index contributed by atoms with van der Waals surface area (Å²) in [7, 11) is 1.54. The van der Waals surface area contributed by atoms with Crippen molar-refractivity contribution < 1.29 is 22.3 Å². The lowest BCUT2D eigenvalue weighted by molar-refractivity contribution is -0.183. The summed E-state index contributed by atoms with van der Waals surface area (Å²) in [5, 5.41) is 8.88. The summed E-state index contributed by atoms with van der Waals surface area (Å²) >= 11 is 0. The average molecular weight is 488 g/mol. The van der Waals surface area contributed by atoms with Crippen molar-refractivity contribution in [2.45, 2.75) is 31.1 Å². The fraction of sp³-hybridized carbons (Fsp3) is 0.375. The first-order chi connectivity index (χ1) is 16.7. The van der Waals surface area contributed by atoms with E-state index in [1.807, 2.05) is 0 Å². The zero-order valence-electron chi connectivity index (χ0n) is 19.0. The van der Waals surface area contributed by atoms with E-state index in [1.165, 1.54) is 33.7 Å². The highest BCUT2D eigenvalue weighted by atomic mass is 19.4. The number of aromatic nitrogens is 4. The molecule has 0 spiro atoms. The number of hydrogen-bond acceptors (Lipinski definition) is 6. The van der Waals surface area contributed by atoms with Gasteiger partial charge >= 0.3 is 6.18 Å². The van der Waals surface area contributed by atoms with Gasteiger partial charge in [0.05, 0.1) is 12.1 Å². The van der Waals surface area contributed by atoms with E-state index in [0.29, 0.717) is 53.1 Å². The molecule has 5 rings (SSSR count). The summed E-state index contributed by atoms with van der Waals surface area (Å²) in [5.41, 5.74) is 7.77. The molecule has 184 valence electrons. The number of hydrogen-bond donors (Lipinski definition) is 1. The zero-order chi connectivity index (χ0) is 24.7. The zero-order valence-corrected chi connectivity index (χ0v) is 19.0. The van der Waals surface area contributed by atoms with Crippen LogP contribution in [-0.4, -0.2) is 63.5 Å². The quantitative estimate of drug-likeness (QED) is 0.415. The van der Waals surface area contributed by atoms with Crippen LogP contribution in [0.4, 0.5) is 17.6 Å².